The molecule has 0 heterocycles. The fourth-order valence-corrected chi connectivity index (χ4v) is 2.58. The van der Waals surface area contributed by atoms with Crippen molar-refractivity contribution in [3.05, 3.63) is 63.7 Å². The monoisotopic (exact) mass is 405 g/mol. The van der Waals surface area contributed by atoms with Gasteiger partial charge in [0, 0.05) is 10.6 Å². The van der Waals surface area contributed by atoms with Gasteiger partial charge in [-0.1, -0.05) is 29.8 Å². The van der Waals surface area contributed by atoms with E-state index in [1.807, 2.05) is 32.9 Å². The summed E-state index contributed by atoms with van der Waals surface area (Å²) in [5, 5.41) is 3.15. The van der Waals surface area contributed by atoms with Crippen LogP contribution in [0.25, 0.3) is 0 Å². The van der Waals surface area contributed by atoms with Crippen molar-refractivity contribution in [1.82, 2.24) is 16.2 Å². The summed E-state index contributed by atoms with van der Waals surface area (Å²) >= 11 is 11.1. The van der Waals surface area contributed by atoms with Crippen LogP contribution < -0.4 is 20.9 Å². The molecule has 0 aromatic heterocycles. The van der Waals surface area contributed by atoms with Crippen LogP contribution in [-0.2, 0) is 4.79 Å². The standard InChI is InChI=1S/C19H20ClN3O3S/c1-11-6-4-5-7-15(11)18(25)21-19(27)23-22-16(24)10-26-14-8-12(2)17(20)13(3)9-14/h4-9H,10H2,1-3H3,(H,22,24)(H2,21,23,25,27). The second-order valence-electron chi connectivity index (χ2n) is 5.93. The van der Waals surface area contributed by atoms with Crippen molar-refractivity contribution in [2.24, 2.45) is 0 Å². The van der Waals surface area contributed by atoms with E-state index in [9.17, 15) is 9.59 Å². The number of hydrogen-bond acceptors (Lipinski definition) is 4. The van der Waals surface area contributed by atoms with Crippen molar-refractivity contribution in [3.63, 3.8) is 0 Å². The molecule has 0 spiro atoms. The van der Waals surface area contributed by atoms with E-state index in [-0.39, 0.29) is 17.6 Å². The van der Waals surface area contributed by atoms with Crippen molar-refractivity contribution in [1.29, 1.82) is 0 Å². The molecule has 2 rings (SSSR count). The van der Waals surface area contributed by atoms with Crippen molar-refractivity contribution in [2.45, 2.75) is 20.8 Å². The lowest BCUT2D eigenvalue weighted by atomic mass is 10.1. The van der Waals surface area contributed by atoms with Gasteiger partial charge in [-0.2, -0.15) is 0 Å². The van der Waals surface area contributed by atoms with Crippen LogP contribution in [-0.4, -0.2) is 23.5 Å². The minimum atomic E-state index is -0.451. The first-order valence-corrected chi connectivity index (χ1v) is 8.92. The van der Waals surface area contributed by atoms with Gasteiger partial charge in [0.2, 0.25) is 0 Å². The zero-order chi connectivity index (χ0) is 20.0. The molecule has 2 amide bonds. The first-order chi connectivity index (χ1) is 12.8. The molecule has 3 N–H and O–H groups in total. The Bertz CT molecular complexity index is 863. The first kappa shape index (κ1) is 20.7. The molecule has 27 heavy (non-hydrogen) atoms. The highest BCUT2D eigenvalue weighted by atomic mass is 35.5. The van der Waals surface area contributed by atoms with E-state index >= 15 is 0 Å². The lowest BCUT2D eigenvalue weighted by Gasteiger charge is -2.13. The van der Waals surface area contributed by atoms with Crippen molar-refractivity contribution < 1.29 is 14.3 Å². The molecule has 142 valence electrons. The first-order valence-electron chi connectivity index (χ1n) is 8.13. The molecule has 0 radical (unpaired) electrons. The number of carbonyl (C=O) groups excluding carboxylic acids is 2. The number of carbonyl (C=O) groups is 2. The molecule has 8 heteroatoms. The summed E-state index contributed by atoms with van der Waals surface area (Å²) in [6, 6.07) is 10.6. The summed E-state index contributed by atoms with van der Waals surface area (Å²) in [5.41, 5.74) is 7.90. The van der Waals surface area contributed by atoms with Crippen molar-refractivity contribution in [2.75, 3.05) is 6.61 Å². The number of ether oxygens (including phenoxy) is 1. The average molecular weight is 406 g/mol. The number of amides is 2. The second kappa shape index (κ2) is 9.34. The third-order valence-corrected chi connectivity index (χ3v) is 4.51. The summed E-state index contributed by atoms with van der Waals surface area (Å²) in [7, 11) is 0. The van der Waals surface area contributed by atoms with Crippen molar-refractivity contribution >= 4 is 40.7 Å². The molecule has 0 saturated heterocycles. The summed E-state index contributed by atoms with van der Waals surface area (Å²) in [6.45, 7) is 5.32. The van der Waals surface area contributed by atoms with Crippen LogP contribution in [0.3, 0.4) is 0 Å². The van der Waals surface area contributed by atoms with Gasteiger partial charge >= 0.3 is 0 Å². The summed E-state index contributed by atoms with van der Waals surface area (Å²) < 4.78 is 5.44. The SMILES string of the molecule is Cc1ccccc1C(=O)NC(=S)NNC(=O)COc1cc(C)c(Cl)c(C)c1. The number of hydrogen-bond donors (Lipinski definition) is 3. The summed E-state index contributed by atoms with van der Waals surface area (Å²) in [4.78, 5) is 24.0. The minimum absolute atomic E-state index is 0.0187. The molecule has 0 aliphatic rings. The van der Waals surface area contributed by atoms with Crippen LogP contribution in [0.15, 0.2) is 36.4 Å². The third kappa shape index (κ3) is 5.94. The molecule has 0 unspecified atom stereocenters. The molecule has 2 aromatic rings. The van der Waals surface area contributed by atoms with Gasteiger partial charge in [0.25, 0.3) is 11.8 Å². The van der Waals surface area contributed by atoms with Gasteiger partial charge in [0.15, 0.2) is 11.7 Å². The quantitative estimate of drug-likeness (QED) is 0.538. The number of halogens is 1. The van der Waals surface area contributed by atoms with Crippen LogP contribution in [0.4, 0.5) is 0 Å². The van der Waals surface area contributed by atoms with E-state index in [2.05, 4.69) is 16.2 Å². The number of aryl methyl sites for hydroxylation is 3. The average Bonchev–Trinajstić information content (AvgIpc) is 2.62. The lowest BCUT2D eigenvalue weighted by Crippen LogP contribution is -2.49. The third-order valence-electron chi connectivity index (χ3n) is 3.71. The van der Waals surface area contributed by atoms with E-state index in [0.717, 1.165) is 16.7 Å². The highest BCUT2D eigenvalue weighted by Crippen LogP contribution is 2.25. The number of benzene rings is 2. The minimum Gasteiger partial charge on any atom is -0.484 e. The molecule has 0 aliphatic carbocycles. The van der Waals surface area contributed by atoms with Crippen molar-refractivity contribution in [3.8, 4) is 5.75 Å². The Morgan fingerprint density at radius 1 is 1.04 bits per heavy atom. The Balaban J connectivity index is 1.79. The smallest absolute Gasteiger partial charge is 0.276 e. The summed E-state index contributed by atoms with van der Waals surface area (Å²) in [6.07, 6.45) is 0. The Morgan fingerprint density at radius 3 is 2.30 bits per heavy atom. The molecule has 0 fully saturated rings. The number of rotatable bonds is 4. The van der Waals surface area contributed by atoms with Gasteiger partial charge in [0.1, 0.15) is 5.75 Å². The van der Waals surface area contributed by atoms with Gasteiger partial charge in [-0.25, -0.2) is 0 Å². The number of hydrazine groups is 1. The van der Waals surface area contributed by atoms with Crippen LogP contribution in [0, 0.1) is 20.8 Å². The zero-order valence-corrected chi connectivity index (χ0v) is 16.8. The van der Waals surface area contributed by atoms with Gasteiger partial charge in [-0.05, 0) is 67.9 Å². The van der Waals surface area contributed by atoms with Gasteiger partial charge in [-0.15, -0.1) is 0 Å². The topological polar surface area (TPSA) is 79.5 Å². The maximum absolute atomic E-state index is 12.1. The molecule has 0 aliphatic heterocycles. The molecular formula is C19H20ClN3O3S. The van der Waals surface area contributed by atoms with E-state index in [0.29, 0.717) is 16.3 Å². The van der Waals surface area contributed by atoms with E-state index in [1.165, 1.54) is 0 Å². The molecule has 0 atom stereocenters. The van der Waals surface area contributed by atoms with Crippen LogP contribution in [0.1, 0.15) is 27.0 Å². The summed E-state index contributed by atoms with van der Waals surface area (Å²) in [5.74, 6) is -0.268. The normalized spacial score (nSPS) is 10.1. The van der Waals surface area contributed by atoms with Crippen LogP contribution in [0.5, 0.6) is 5.75 Å². The van der Waals surface area contributed by atoms with E-state index in [1.54, 1.807) is 24.3 Å². The molecule has 0 bridgehead atoms. The highest BCUT2D eigenvalue weighted by molar-refractivity contribution is 7.80. The highest BCUT2D eigenvalue weighted by Gasteiger charge is 2.11. The molecule has 6 nitrogen and oxygen atoms in total. The van der Waals surface area contributed by atoms with E-state index in [4.69, 9.17) is 28.6 Å². The van der Waals surface area contributed by atoms with Gasteiger partial charge < -0.3 is 4.74 Å². The second-order valence-corrected chi connectivity index (χ2v) is 6.72. The fraction of sp³-hybridized carbons (Fsp3) is 0.211. The predicted octanol–water partition coefficient (Wildman–Crippen LogP) is 2.98. The zero-order valence-electron chi connectivity index (χ0n) is 15.2. The largest absolute Gasteiger partial charge is 0.484 e. The Morgan fingerprint density at radius 2 is 1.67 bits per heavy atom. The maximum atomic E-state index is 12.1. The lowest BCUT2D eigenvalue weighted by molar-refractivity contribution is -0.123. The van der Waals surface area contributed by atoms with E-state index < -0.39 is 5.91 Å². The maximum Gasteiger partial charge on any atom is 0.276 e. The number of thiocarbonyl (C=S) groups is 1. The molecule has 0 saturated carbocycles. The molecule has 2 aromatic carbocycles. The predicted molar refractivity (Wildman–Crippen MR) is 109 cm³/mol. The van der Waals surface area contributed by atoms with Crippen LogP contribution >= 0.6 is 23.8 Å². The van der Waals surface area contributed by atoms with Gasteiger partial charge in [0.05, 0.1) is 0 Å². The Labute approximate surface area is 168 Å². The number of nitrogens with one attached hydrogen (secondary N) is 3. The fourth-order valence-electron chi connectivity index (χ4n) is 2.33. The van der Waals surface area contributed by atoms with Gasteiger partial charge in [-0.3, -0.25) is 25.8 Å². The van der Waals surface area contributed by atoms with Crippen LogP contribution in [0.2, 0.25) is 5.02 Å². The Hall–Kier alpha value is -2.64. The Kier molecular flexibility index (Phi) is 7.15. The molecular weight excluding hydrogens is 386 g/mol.